The molecule has 2 N–H and O–H groups in total. The number of likely N-dealkylation sites (tertiary alicyclic amines) is 1. The predicted octanol–water partition coefficient (Wildman–Crippen LogP) is 4.08. The molecule has 0 spiro atoms. The smallest absolute Gasteiger partial charge is 0.410 e. The summed E-state index contributed by atoms with van der Waals surface area (Å²) in [7, 11) is 0. The van der Waals surface area contributed by atoms with E-state index in [1.165, 1.54) is 11.3 Å². The van der Waals surface area contributed by atoms with Gasteiger partial charge < -0.3 is 25.0 Å². The van der Waals surface area contributed by atoms with E-state index < -0.39 is 11.2 Å². The number of nitrogens with zero attached hydrogens (tertiary/aromatic N) is 3. The third-order valence-corrected chi connectivity index (χ3v) is 5.87. The van der Waals surface area contributed by atoms with E-state index in [2.05, 4.69) is 6.07 Å². The van der Waals surface area contributed by atoms with Crippen LogP contribution < -0.4 is 5.73 Å². The second kappa shape index (κ2) is 10.4. The van der Waals surface area contributed by atoms with Crippen LogP contribution in [-0.4, -0.2) is 58.6 Å². The van der Waals surface area contributed by atoms with Gasteiger partial charge in [0.2, 0.25) is 0 Å². The number of nitriles is 1. The normalized spacial score (nSPS) is 16.2. The van der Waals surface area contributed by atoms with E-state index in [1.807, 2.05) is 41.5 Å². The molecule has 1 fully saturated rings. The lowest BCUT2D eigenvalue weighted by Crippen LogP contribution is -2.41. The lowest BCUT2D eigenvalue weighted by molar-refractivity contribution is -0.121. The number of nitrogens with two attached hydrogens (primary N) is 1. The van der Waals surface area contributed by atoms with Gasteiger partial charge in [-0.3, -0.25) is 4.79 Å². The summed E-state index contributed by atoms with van der Waals surface area (Å²) in [4.78, 5) is 38.7. The molecule has 0 bridgehead atoms. The number of rotatable bonds is 0. The van der Waals surface area contributed by atoms with Crippen molar-refractivity contribution in [3.63, 3.8) is 0 Å². The Hall–Kier alpha value is -2.80. The maximum Gasteiger partial charge on any atom is 0.410 e. The van der Waals surface area contributed by atoms with Crippen LogP contribution in [0.1, 0.15) is 70.4 Å². The highest BCUT2D eigenvalue weighted by Gasteiger charge is 2.29. The molecule has 2 amide bonds. The highest BCUT2D eigenvalue weighted by atomic mass is 32.1. The predicted molar refractivity (Wildman–Crippen MR) is 126 cm³/mol. The van der Waals surface area contributed by atoms with Crippen molar-refractivity contribution >= 4 is 34.3 Å². The maximum atomic E-state index is 12.0. The van der Waals surface area contributed by atoms with E-state index in [0.717, 1.165) is 10.4 Å². The molecule has 2 aliphatic heterocycles. The molecule has 3 heterocycles. The van der Waals surface area contributed by atoms with Crippen molar-refractivity contribution in [2.24, 2.45) is 0 Å². The van der Waals surface area contributed by atoms with Crippen LogP contribution in [0.2, 0.25) is 0 Å². The molecule has 0 saturated carbocycles. The molecule has 2 aliphatic rings. The van der Waals surface area contributed by atoms with Crippen molar-refractivity contribution in [1.29, 1.82) is 5.26 Å². The molecule has 3 rings (SSSR count). The van der Waals surface area contributed by atoms with Crippen molar-refractivity contribution in [3.8, 4) is 6.07 Å². The number of fused-ring (bicyclic) bond motifs is 1. The lowest BCUT2D eigenvalue weighted by Gasteiger charge is -2.29. The minimum atomic E-state index is -0.496. The first-order valence-corrected chi connectivity index (χ1v) is 11.8. The van der Waals surface area contributed by atoms with Crippen LogP contribution in [0.3, 0.4) is 0 Å². The minimum Gasteiger partial charge on any atom is -0.444 e. The average Bonchev–Trinajstić information content (AvgIpc) is 3.00. The number of nitrogen functional groups attached to an aromatic ring is 1. The Morgan fingerprint density at radius 2 is 1.42 bits per heavy atom. The number of carbonyl (C=O) groups is 3. The molecule has 10 heteroatoms. The summed E-state index contributed by atoms with van der Waals surface area (Å²) in [5, 5.41) is 9.60. The second-order valence-corrected chi connectivity index (χ2v) is 11.1. The standard InChI is InChI=1S/C13H17N3O2S.C10H17NO3/c1-13(2,3)18-12(17)16-5-4-8-9(6-14)11(15)19-10(8)7-16;1-10(2,3)14-9(13)11-6-4-8(12)5-7-11/h4-5,7,15H2,1-3H3;4-7H2,1-3H3. The molecule has 33 heavy (non-hydrogen) atoms. The molecule has 0 unspecified atom stereocenters. The van der Waals surface area contributed by atoms with Crippen molar-refractivity contribution in [2.45, 2.75) is 78.6 Å². The van der Waals surface area contributed by atoms with Gasteiger partial charge in [0, 0.05) is 37.4 Å². The Morgan fingerprint density at radius 1 is 0.939 bits per heavy atom. The van der Waals surface area contributed by atoms with Gasteiger partial charge in [0.15, 0.2) is 0 Å². The quantitative estimate of drug-likeness (QED) is 0.595. The summed E-state index contributed by atoms with van der Waals surface area (Å²) >= 11 is 1.39. The lowest BCUT2D eigenvalue weighted by atomic mass is 10.0. The SMILES string of the molecule is CC(C)(C)OC(=O)N1CCC(=O)CC1.CC(C)(C)OC(=O)N1CCc2c(sc(N)c2C#N)C1. The highest BCUT2D eigenvalue weighted by molar-refractivity contribution is 7.16. The molecule has 182 valence electrons. The van der Waals surface area contributed by atoms with Crippen LogP contribution in [0.25, 0.3) is 0 Å². The number of hydrogen-bond donors (Lipinski definition) is 1. The fraction of sp³-hybridized carbons (Fsp3) is 0.652. The van der Waals surface area contributed by atoms with Gasteiger partial charge >= 0.3 is 12.2 Å². The summed E-state index contributed by atoms with van der Waals surface area (Å²) in [5.41, 5.74) is 6.42. The summed E-state index contributed by atoms with van der Waals surface area (Å²) < 4.78 is 10.5. The van der Waals surface area contributed by atoms with Crippen molar-refractivity contribution in [3.05, 3.63) is 16.0 Å². The van der Waals surface area contributed by atoms with E-state index in [0.29, 0.717) is 56.0 Å². The highest BCUT2D eigenvalue weighted by Crippen LogP contribution is 2.34. The number of thiophene rings is 1. The molecule has 9 nitrogen and oxygen atoms in total. The molecule has 0 aromatic carbocycles. The molecule has 0 aliphatic carbocycles. The van der Waals surface area contributed by atoms with Gasteiger partial charge in [-0.15, -0.1) is 11.3 Å². The summed E-state index contributed by atoms with van der Waals surface area (Å²) in [5.74, 6) is 0.227. The average molecular weight is 479 g/mol. The number of piperidine rings is 1. The summed E-state index contributed by atoms with van der Waals surface area (Å²) in [6, 6.07) is 2.14. The van der Waals surface area contributed by atoms with Gasteiger partial charge in [-0.25, -0.2) is 9.59 Å². The number of amides is 2. The Bertz CT molecular complexity index is 926. The first-order valence-electron chi connectivity index (χ1n) is 11.0. The molecule has 0 radical (unpaired) electrons. The molecular weight excluding hydrogens is 444 g/mol. The van der Waals surface area contributed by atoms with Crippen LogP contribution in [0.5, 0.6) is 0 Å². The topological polar surface area (TPSA) is 126 Å². The zero-order chi connectivity index (χ0) is 25.0. The van der Waals surface area contributed by atoms with Crippen molar-refractivity contribution in [2.75, 3.05) is 25.4 Å². The van der Waals surface area contributed by atoms with E-state index in [4.69, 9.17) is 20.5 Å². The largest absolute Gasteiger partial charge is 0.444 e. The first-order chi connectivity index (χ1) is 15.2. The van der Waals surface area contributed by atoms with Crippen LogP contribution >= 0.6 is 11.3 Å². The van der Waals surface area contributed by atoms with E-state index in [-0.39, 0.29) is 18.0 Å². The third-order valence-electron chi connectivity index (χ3n) is 4.82. The van der Waals surface area contributed by atoms with Crippen LogP contribution in [0.15, 0.2) is 0 Å². The second-order valence-electron chi connectivity index (χ2n) is 10.0. The molecular formula is C23H34N4O5S. The Kier molecular flexibility index (Phi) is 8.36. The van der Waals surface area contributed by atoms with Gasteiger partial charge in [-0.2, -0.15) is 5.26 Å². The first kappa shape index (κ1) is 26.5. The Morgan fingerprint density at radius 3 is 1.91 bits per heavy atom. The van der Waals surface area contributed by atoms with E-state index in [1.54, 1.807) is 9.80 Å². The fourth-order valence-corrected chi connectivity index (χ4v) is 4.38. The van der Waals surface area contributed by atoms with Crippen LogP contribution in [0, 0.1) is 11.3 Å². The van der Waals surface area contributed by atoms with Crippen molar-refractivity contribution in [1.82, 2.24) is 9.80 Å². The number of Topliss-reactive ketones (excluding diaryl/α,β-unsaturated/α-hetero) is 1. The number of ether oxygens (including phenoxy) is 2. The number of anilines is 1. The third kappa shape index (κ3) is 7.93. The van der Waals surface area contributed by atoms with E-state index >= 15 is 0 Å². The molecule has 1 saturated heterocycles. The Balaban J connectivity index is 0.000000245. The number of carbonyl (C=O) groups excluding carboxylic acids is 3. The maximum absolute atomic E-state index is 12.0. The monoisotopic (exact) mass is 478 g/mol. The number of hydrogen-bond acceptors (Lipinski definition) is 8. The van der Waals surface area contributed by atoms with Gasteiger partial charge in [-0.1, -0.05) is 0 Å². The van der Waals surface area contributed by atoms with Gasteiger partial charge in [0.25, 0.3) is 0 Å². The Labute approximate surface area is 199 Å². The fourth-order valence-electron chi connectivity index (χ4n) is 3.29. The zero-order valence-corrected chi connectivity index (χ0v) is 21.1. The zero-order valence-electron chi connectivity index (χ0n) is 20.3. The van der Waals surface area contributed by atoms with Gasteiger partial charge in [-0.05, 0) is 53.5 Å². The number of ketones is 1. The summed E-state index contributed by atoms with van der Waals surface area (Å²) in [6.07, 6.45) is 0.942. The van der Waals surface area contributed by atoms with E-state index in [9.17, 15) is 14.4 Å². The van der Waals surface area contributed by atoms with Crippen LogP contribution in [-0.2, 0) is 27.2 Å². The summed E-state index contributed by atoms with van der Waals surface area (Å²) in [6.45, 7) is 13.1. The molecule has 1 aromatic heterocycles. The van der Waals surface area contributed by atoms with Gasteiger partial charge in [0.05, 0.1) is 12.1 Å². The van der Waals surface area contributed by atoms with Crippen LogP contribution in [0.4, 0.5) is 14.6 Å². The van der Waals surface area contributed by atoms with Crippen molar-refractivity contribution < 1.29 is 23.9 Å². The van der Waals surface area contributed by atoms with Gasteiger partial charge in [0.1, 0.15) is 28.1 Å². The minimum absolute atomic E-state index is 0.227. The molecule has 1 aromatic rings. The molecule has 0 atom stereocenters.